The average molecular weight is 184 g/mol. The fourth-order valence-electron chi connectivity index (χ4n) is 0.659. The Kier molecular flexibility index (Phi) is 6.92. The van der Waals surface area contributed by atoms with Crippen molar-refractivity contribution in [1.82, 2.24) is 0 Å². The molecule has 0 aromatic rings. The zero-order valence-electron chi connectivity index (χ0n) is 7.99. The molecular weight excluding hydrogens is 168 g/mol. The summed E-state index contributed by atoms with van der Waals surface area (Å²) in [6.07, 6.45) is 3.64. The van der Waals surface area contributed by atoms with E-state index in [1.165, 1.54) is 0 Å². The Balaban J connectivity index is 3.39. The van der Waals surface area contributed by atoms with E-state index < -0.39 is 5.97 Å². The van der Waals surface area contributed by atoms with E-state index >= 15 is 0 Å². The highest BCUT2D eigenvalue weighted by Crippen LogP contribution is 1.94. The molecule has 0 spiro atoms. The highest BCUT2D eigenvalue weighted by Gasteiger charge is 2.03. The molecule has 0 N–H and O–H groups in total. The number of esters is 1. The second-order valence-corrected chi connectivity index (χ2v) is 2.59. The first-order valence-corrected chi connectivity index (χ1v) is 4.22. The van der Waals surface area contributed by atoms with E-state index in [2.05, 4.69) is 13.2 Å². The Morgan fingerprint density at radius 2 is 2.23 bits per heavy atom. The standard InChI is InChI=1S/C10H16O3/c1-4-6-7-12-9(3)8-13-10(11)5-2/h4-5,9H,1-2,6-8H2,3H3. The van der Waals surface area contributed by atoms with Crippen molar-refractivity contribution >= 4 is 5.97 Å². The fourth-order valence-corrected chi connectivity index (χ4v) is 0.659. The van der Waals surface area contributed by atoms with Crippen molar-refractivity contribution in [2.24, 2.45) is 0 Å². The lowest BCUT2D eigenvalue weighted by molar-refractivity contribution is -0.141. The first kappa shape index (κ1) is 11.9. The van der Waals surface area contributed by atoms with Crippen LogP contribution in [0.5, 0.6) is 0 Å². The summed E-state index contributed by atoms with van der Waals surface area (Å²) >= 11 is 0. The molecule has 0 bridgehead atoms. The largest absolute Gasteiger partial charge is 0.460 e. The third-order valence-corrected chi connectivity index (χ3v) is 1.35. The minimum atomic E-state index is -0.417. The zero-order chi connectivity index (χ0) is 10.1. The summed E-state index contributed by atoms with van der Waals surface area (Å²) in [7, 11) is 0. The first-order chi connectivity index (χ1) is 6.20. The number of carbonyl (C=O) groups is 1. The SMILES string of the molecule is C=CCCOC(C)COC(=O)C=C. The van der Waals surface area contributed by atoms with Crippen molar-refractivity contribution in [1.29, 1.82) is 0 Å². The van der Waals surface area contributed by atoms with E-state index in [1.54, 1.807) is 6.08 Å². The van der Waals surface area contributed by atoms with Gasteiger partial charge in [-0.3, -0.25) is 0 Å². The number of rotatable bonds is 7. The van der Waals surface area contributed by atoms with Gasteiger partial charge in [0.2, 0.25) is 0 Å². The predicted molar refractivity (Wildman–Crippen MR) is 51.4 cm³/mol. The lowest BCUT2D eigenvalue weighted by atomic mass is 10.4. The van der Waals surface area contributed by atoms with Crippen LogP contribution < -0.4 is 0 Å². The zero-order valence-corrected chi connectivity index (χ0v) is 7.99. The number of hydrogen-bond acceptors (Lipinski definition) is 3. The van der Waals surface area contributed by atoms with Crippen molar-refractivity contribution in [3.63, 3.8) is 0 Å². The quantitative estimate of drug-likeness (QED) is 0.261. The van der Waals surface area contributed by atoms with Crippen LogP contribution in [-0.4, -0.2) is 25.3 Å². The van der Waals surface area contributed by atoms with Crippen LogP contribution in [0.25, 0.3) is 0 Å². The molecule has 0 saturated carbocycles. The Morgan fingerprint density at radius 1 is 1.54 bits per heavy atom. The number of hydrogen-bond donors (Lipinski definition) is 0. The molecule has 0 saturated heterocycles. The lowest BCUT2D eigenvalue weighted by Crippen LogP contribution is -2.18. The van der Waals surface area contributed by atoms with Crippen LogP contribution >= 0.6 is 0 Å². The van der Waals surface area contributed by atoms with Gasteiger partial charge in [-0.1, -0.05) is 12.7 Å². The van der Waals surface area contributed by atoms with Gasteiger partial charge < -0.3 is 9.47 Å². The molecule has 3 nitrogen and oxygen atoms in total. The molecule has 0 aromatic heterocycles. The first-order valence-electron chi connectivity index (χ1n) is 4.22. The molecule has 0 amide bonds. The number of carbonyl (C=O) groups excluding carboxylic acids is 1. The van der Waals surface area contributed by atoms with Gasteiger partial charge in [-0.05, 0) is 13.3 Å². The van der Waals surface area contributed by atoms with E-state index in [9.17, 15) is 4.79 Å². The van der Waals surface area contributed by atoms with Crippen molar-refractivity contribution in [2.45, 2.75) is 19.4 Å². The Morgan fingerprint density at radius 3 is 2.77 bits per heavy atom. The maximum atomic E-state index is 10.6. The second-order valence-electron chi connectivity index (χ2n) is 2.59. The van der Waals surface area contributed by atoms with Crippen molar-refractivity contribution in [3.8, 4) is 0 Å². The maximum Gasteiger partial charge on any atom is 0.330 e. The van der Waals surface area contributed by atoms with E-state index in [0.717, 1.165) is 12.5 Å². The van der Waals surface area contributed by atoms with E-state index in [0.29, 0.717) is 6.61 Å². The minimum Gasteiger partial charge on any atom is -0.460 e. The molecule has 1 unspecified atom stereocenters. The van der Waals surface area contributed by atoms with Gasteiger partial charge in [0.25, 0.3) is 0 Å². The molecule has 0 aliphatic heterocycles. The summed E-state index contributed by atoms with van der Waals surface area (Å²) in [4.78, 5) is 10.6. The summed E-state index contributed by atoms with van der Waals surface area (Å²) < 4.78 is 10.1. The van der Waals surface area contributed by atoms with E-state index in [-0.39, 0.29) is 12.7 Å². The van der Waals surface area contributed by atoms with Crippen molar-refractivity contribution in [3.05, 3.63) is 25.3 Å². The van der Waals surface area contributed by atoms with Crippen molar-refractivity contribution in [2.75, 3.05) is 13.2 Å². The topological polar surface area (TPSA) is 35.5 Å². The average Bonchev–Trinajstić information content (AvgIpc) is 2.14. The van der Waals surface area contributed by atoms with Gasteiger partial charge in [0, 0.05) is 6.08 Å². The maximum absolute atomic E-state index is 10.6. The number of ether oxygens (including phenoxy) is 2. The molecule has 0 fully saturated rings. The molecule has 1 atom stereocenters. The van der Waals surface area contributed by atoms with Gasteiger partial charge in [0.15, 0.2) is 0 Å². The Labute approximate surface area is 79.0 Å². The highest BCUT2D eigenvalue weighted by molar-refractivity contribution is 5.81. The van der Waals surface area contributed by atoms with Crippen LogP contribution in [0, 0.1) is 0 Å². The smallest absolute Gasteiger partial charge is 0.330 e. The normalized spacial score (nSPS) is 11.8. The van der Waals surface area contributed by atoms with Gasteiger partial charge in [0.05, 0.1) is 12.7 Å². The molecule has 0 aromatic carbocycles. The molecule has 0 heterocycles. The Hall–Kier alpha value is -1.09. The molecule has 0 aliphatic rings. The molecule has 3 heteroatoms. The molecule has 0 aliphatic carbocycles. The summed E-state index contributed by atoms with van der Waals surface area (Å²) in [5.74, 6) is -0.417. The van der Waals surface area contributed by atoms with Crippen LogP contribution in [0.1, 0.15) is 13.3 Å². The molecular formula is C10H16O3. The van der Waals surface area contributed by atoms with Crippen LogP contribution in [-0.2, 0) is 14.3 Å². The third-order valence-electron chi connectivity index (χ3n) is 1.35. The fraction of sp³-hybridized carbons (Fsp3) is 0.500. The third kappa shape index (κ3) is 7.28. The van der Waals surface area contributed by atoms with Gasteiger partial charge >= 0.3 is 5.97 Å². The van der Waals surface area contributed by atoms with Gasteiger partial charge in [-0.2, -0.15) is 0 Å². The van der Waals surface area contributed by atoms with Crippen LogP contribution in [0.15, 0.2) is 25.3 Å². The van der Waals surface area contributed by atoms with Gasteiger partial charge in [0.1, 0.15) is 6.61 Å². The van der Waals surface area contributed by atoms with E-state index in [1.807, 2.05) is 6.92 Å². The Bertz CT molecular complexity index is 175. The molecule has 13 heavy (non-hydrogen) atoms. The second kappa shape index (κ2) is 7.55. The summed E-state index contributed by atoms with van der Waals surface area (Å²) in [6, 6.07) is 0. The van der Waals surface area contributed by atoms with Crippen LogP contribution in [0.2, 0.25) is 0 Å². The van der Waals surface area contributed by atoms with Crippen LogP contribution in [0.4, 0.5) is 0 Å². The molecule has 0 rings (SSSR count). The minimum absolute atomic E-state index is 0.0798. The summed E-state index contributed by atoms with van der Waals surface area (Å²) in [5, 5.41) is 0. The summed E-state index contributed by atoms with van der Waals surface area (Å²) in [5.41, 5.74) is 0. The van der Waals surface area contributed by atoms with Crippen molar-refractivity contribution < 1.29 is 14.3 Å². The summed E-state index contributed by atoms with van der Waals surface area (Å²) in [6.45, 7) is 9.57. The van der Waals surface area contributed by atoms with Crippen LogP contribution in [0.3, 0.4) is 0 Å². The van der Waals surface area contributed by atoms with Gasteiger partial charge in [-0.15, -0.1) is 6.58 Å². The van der Waals surface area contributed by atoms with Gasteiger partial charge in [-0.25, -0.2) is 4.79 Å². The monoisotopic (exact) mass is 184 g/mol. The lowest BCUT2D eigenvalue weighted by Gasteiger charge is -2.11. The molecule has 74 valence electrons. The van der Waals surface area contributed by atoms with E-state index in [4.69, 9.17) is 9.47 Å². The molecule has 0 radical (unpaired) electrons. The highest BCUT2D eigenvalue weighted by atomic mass is 16.6. The predicted octanol–water partition coefficient (Wildman–Crippen LogP) is 1.70.